The van der Waals surface area contributed by atoms with Gasteiger partial charge in [0.15, 0.2) is 0 Å². The van der Waals surface area contributed by atoms with Crippen molar-refractivity contribution in [2.75, 3.05) is 6.61 Å². The summed E-state index contributed by atoms with van der Waals surface area (Å²) >= 11 is 0. The highest BCUT2D eigenvalue weighted by Crippen LogP contribution is 2.21. The molecule has 0 amide bonds. The van der Waals surface area contributed by atoms with E-state index in [4.69, 9.17) is 9.47 Å². The molecule has 3 nitrogen and oxygen atoms in total. The molecule has 2 aromatic carbocycles. The predicted molar refractivity (Wildman–Crippen MR) is 105 cm³/mol. The smallest absolute Gasteiger partial charge is 0.389 e. The van der Waals surface area contributed by atoms with Gasteiger partial charge in [-0.05, 0) is 61.4 Å². The Morgan fingerprint density at radius 1 is 0.966 bits per heavy atom. The summed E-state index contributed by atoms with van der Waals surface area (Å²) in [6.45, 7) is 1.94. The van der Waals surface area contributed by atoms with Gasteiger partial charge in [0.05, 0.1) is 6.61 Å². The standard InChI is InChI=1S/C23H21F3O3/c1-2-3-5-22(27)29-21-14-10-19(11-15-21)7-6-18-8-12-20(13-9-18)28-17-4-16-23(24,25)26/h3,5,8-15H,2,4,16-17H2,1H3. The molecule has 0 bridgehead atoms. The molecule has 2 rings (SSSR count). The maximum atomic E-state index is 12.1. The van der Waals surface area contributed by atoms with Crippen molar-refractivity contribution in [1.82, 2.24) is 0 Å². The van der Waals surface area contributed by atoms with Gasteiger partial charge in [-0.15, -0.1) is 0 Å². The third kappa shape index (κ3) is 9.02. The summed E-state index contributed by atoms with van der Waals surface area (Å²) in [5.41, 5.74) is 1.49. The number of alkyl halides is 3. The molecule has 6 heteroatoms. The quantitative estimate of drug-likeness (QED) is 0.197. The highest BCUT2D eigenvalue weighted by molar-refractivity contribution is 5.83. The number of esters is 1. The van der Waals surface area contributed by atoms with Crippen molar-refractivity contribution < 1.29 is 27.4 Å². The summed E-state index contributed by atoms with van der Waals surface area (Å²) < 4.78 is 46.7. The van der Waals surface area contributed by atoms with Gasteiger partial charge in [-0.3, -0.25) is 0 Å². The van der Waals surface area contributed by atoms with Gasteiger partial charge >= 0.3 is 12.1 Å². The maximum Gasteiger partial charge on any atom is 0.389 e. The summed E-state index contributed by atoms with van der Waals surface area (Å²) in [6.07, 6.45) is -1.22. The van der Waals surface area contributed by atoms with Gasteiger partial charge in [0, 0.05) is 23.6 Å². The van der Waals surface area contributed by atoms with Gasteiger partial charge in [-0.25, -0.2) is 4.79 Å². The summed E-state index contributed by atoms with van der Waals surface area (Å²) in [7, 11) is 0. The first-order chi connectivity index (χ1) is 13.9. The molecule has 0 heterocycles. The Balaban J connectivity index is 1.86. The SMILES string of the molecule is CCC=CC(=O)Oc1ccc(C#Cc2ccc(OCCCC(F)(F)F)cc2)cc1. The van der Waals surface area contributed by atoms with E-state index in [1.807, 2.05) is 6.92 Å². The topological polar surface area (TPSA) is 35.5 Å². The zero-order valence-electron chi connectivity index (χ0n) is 16.0. The largest absolute Gasteiger partial charge is 0.494 e. The molecule has 0 saturated heterocycles. The van der Waals surface area contributed by atoms with Crippen LogP contribution in [0.4, 0.5) is 13.2 Å². The molecule has 0 N–H and O–H groups in total. The minimum Gasteiger partial charge on any atom is -0.494 e. The van der Waals surface area contributed by atoms with Crippen LogP contribution in [0, 0.1) is 11.8 Å². The molecule has 0 radical (unpaired) electrons. The van der Waals surface area contributed by atoms with Crippen LogP contribution in [0.25, 0.3) is 0 Å². The monoisotopic (exact) mass is 402 g/mol. The van der Waals surface area contributed by atoms with Gasteiger partial charge in [-0.1, -0.05) is 24.8 Å². The first-order valence-corrected chi connectivity index (χ1v) is 9.16. The van der Waals surface area contributed by atoms with Crippen molar-refractivity contribution in [2.24, 2.45) is 0 Å². The summed E-state index contributed by atoms with van der Waals surface area (Å²) in [4.78, 5) is 11.5. The lowest BCUT2D eigenvalue weighted by Crippen LogP contribution is -2.09. The molecular weight excluding hydrogens is 381 g/mol. The zero-order chi connectivity index (χ0) is 21.1. The lowest BCUT2D eigenvalue weighted by molar-refractivity contribution is -0.136. The number of benzene rings is 2. The second-order valence-electron chi connectivity index (χ2n) is 6.10. The molecule has 0 spiro atoms. The average Bonchev–Trinajstić information content (AvgIpc) is 2.69. The summed E-state index contributed by atoms with van der Waals surface area (Å²) in [5.74, 6) is 6.50. The fourth-order valence-corrected chi connectivity index (χ4v) is 2.21. The number of ether oxygens (including phenoxy) is 2. The maximum absolute atomic E-state index is 12.1. The molecule has 0 aliphatic rings. The Hall–Kier alpha value is -3.20. The van der Waals surface area contributed by atoms with Crippen LogP contribution < -0.4 is 9.47 Å². The Kier molecular flexibility index (Phi) is 8.35. The Bertz CT molecular complexity index is 871. The molecular formula is C23H21F3O3. The van der Waals surface area contributed by atoms with E-state index >= 15 is 0 Å². The fraction of sp³-hybridized carbons (Fsp3) is 0.261. The van der Waals surface area contributed by atoms with Crippen LogP contribution in [-0.2, 0) is 4.79 Å². The first-order valence-electron chi connectivity index (χ1n) is 9.16. The van der Waals surface area contributed by atoms with Crippen LogP contribution in [0.5, 0.6) is 11.5 Å². The van der Waals surface area contributed by atoms with Crippen LogP contribution in [0.2, 0.25) is 0 Å². The van der Waals surface area contributed by atoms with Crippen molar-refractivity contribution >= 4 is 5.97 Å². The van der Waals surface area contributed by atoms with Crippen molar-refractivity contribution in [3.63, 3.8) is 0 Å². The van der Waals surface area contributed by atoms with Crippen LogP contribution in [0.1, 0.15) is 37.3 Å². The number of carbonyl (C=O) groups excluding carboxylic acids is 1. The second-order valence-corrected chi connectivity index (χ2v) is 6.10. The van der Waals surface area contributed by atoms with E-state index in [2.05, 4.69) is 11.8 Å². The van der Waals surface area contributed by atoms with Crippen LogP contribution in [0.15, 0.2) is 60.7 Å². The Labute approximate surface area is 168 Å². The van der Waals surface area contributed by atoms with Crippen molar-refractivity contribution in [3.8, 4) is 23.3 Å². The van der Waals surface area contributed by atoms with Crippen molar-refractivity contribution in [3.05, 3.63) is 71.8 Å². The van der Waals surface area contributed by atoms with Crippen LogP contribution >= 0.6 is 0 Å². The Morgan fingerprint density at radius 2 is 1.52 bits per heavy atom. The first kappa shape index (κ1) is 22.1. The number of rotatable bonds is 7. The highest BCUT2D eigenvalue weighted by Gasteiger charge is 2.26. The highest BCUT2D eigenvalue weighted by atomic mass is 19.4. The fourth-order valence-electron chi connectivity index (χ4n) is 2.21. The second kappa shape index (κ2) is 11.0. The number of carbonyl (C=O) groups is 1. The van der Waals surface area contributed by atoms with E-state index in [9.17, 15) is 18.0 Å². The lowest BCUT2D eigenvalue weighted by atomic mass is 10.2. The predicted octanol–water partition coefficient (Wildman–Crippen LogP) is 5.68. The van der Waals surface area contributed by atoms with Crippen molar-refractivity contribution in [2.45, 2.75) is 32.4 Å². The zero-order valence-corrected chi connectivity index (χ0v) is 16.0. The molecule has 29 heavy (non-hydrogen) atoms. The van der Waals surface area contributed by atoms with Crippen LogP contribution in [-0.4, -0.2) is 18.8 Å². The van der Waals surface area contributed by atoms with E-state index < -0.39 is 18.6 Å². The van der Waals surface area contributed by atoms with Crippen molar-refractivity contribution in [1.29, 1.82) is 0 Å². The molecule has 0 aliphatic carbocycles. The normalized spacial score (nSPS) is 11.0. The number of halogens is 3. The lowest BCUT2D eigenvalue weighted by Gasteiger charge is -2.08. The molecule has 152 valence electrons. The molecule has 0 aromatic heterocycles. The number of hydrogen-bond acceptors (Lipinski definition) is 3. The third-order valence-corrected chi connectivity index (χ3v) is 3.64. The number of hydrogen-bond donors (Lipinski definition) is 0. The van der Waals surface area contributed by atoms with E-state index in [1.165, 1.54) is 6.08 Å². The van der Waals surface area contributed by atoms with E-state index in [1.54, 1.807) is 54.6 Å². The molecule has 0 unspecified atom stereocenters. The van der Waals surface area contributed by atoms with E-state index in [0.717, 1.165) is 17.5 Å². The van der Waals surface area contributed by atoms with Crippen LogP contribution in [0.3, 0.4) is 0 Å². The minimum atomic E-state index is -4.16. The summed E-state index contributed by atoms with van der Waals surface area (Å²) in [6, 6.07) is 13.6. The van der Waals surface area contributed by atoms with Gasteiger partial charge in [0.2, 0.25) is 0 Å². The van der Waals surface area contributed by atoms with Gasteiger partial charge in [0.25, 0.3) is 0 Å². The molecule has 0 fully saturated rings. The van der Waals surface area contributed by atoms with Gasteiger partial charge in [0.1, 0.15) is 11.5 Å². The minimum absolute atomic E-state index is 0.00962. The Morgan fingerprint density at radius 3 is 2.03 bits per heavy atom. The molecule has 2 aromatic rings. The van der Waals surface area contributed by atoms with Gasteiger partial charge in [-0.2, -0.15) is 13.2 Å². The van der Waals surface area contributed by atoms with Gasteiger partial charge < -0.3 is 9.47 Å². The molecule has 0 aliphatic heterocycles. The van der Waals surface area contributed by atoms with E-state index in [0.29, 0.717) is 11.5 Å². The molecule has 0 saturated carbocycles. The summed E-state index contributed by atoms with van der Waals surface area (Å²) in [5, 5.41) is 0. The number of allylic oxidation sites excluding steroid dienone is 1. The molecule has 0 atom stereocenters. The van der Waals surface area contributed by atoms with E-state index in [-0.39, 0.29) is 13.0 Å². The third-order valence-electron chi connectivity index (χ3n) is 3.64. The average molecular weight is 402 g/mol.